The Morgan fingerprint density at radius 3 is 2.41 bits per heavy atom. The summed E-state index contributed by atoms with van der Waals surface area (Å²) in [5.41, 5.74) is 0. The van der Waals surface area contributed by atoms with E-state index in [0.717, 1.165) is 19.3 Å². The number of piperidine rings is 1. The predicted molar refractivity (Wildman–Crippen MR) is 92.9 cm³/mol. The maximum Gasteiger partial charge on any atom is 0.220 e. The van der Waals surface area contributed by atoms with Gasteiger partial charge in [-0.25, -0.2) is 0 Å². The lowest BCUT2D eigenvalue weighted by Gasteiger charge is -2.32. The number of nitrogens with zero attached hydrogens (tertiary/aromatic N) is 1. The van der Waals surface area contributed by atoms with Gasteiger partial charge in [-0.2, -0.15) is 0 Å². The highest BCUT2D eigenvalue weighted by Gasteiger charge is 2.22. The molecule has 2 rings (SSSR count). The largest absolute Gasteiger partial charge is 0.353 e. The van der Waals surface area contributed by atoms with Gasteiger partial charge in [0.05, 0.1) is 0 Å². The molecule has 0 aromatic rings. The van der Waals surface area contributed by atoms with Crippen LogP contribution in [-0.4, -0.2) is 36.5 Å². The third-order valence-corrected chi connectivity index (χ3v) is 5.48. The average Bonchev–Trinajstić information content (AvgIpc) is 2.54. The van der Waals surface area contributed by atoms with E-state index in [1.54, 1.807) is 0 Å². The summed E-state index contributed by atoms with van der Waals surface area (Å²) in [7, 11) is 0. The topological polar surface area (TPSA) is 32.3 Å². The number of rotatable bonds is 8. The molecule has 22 heavy (non-hydrogen) atoms. The van der Waals surface area contributed by atoms with Gasteiger partial charge in [-0.3, -0.25) is 4.79 Å². The molecule has 1 saturated carbocycles. The van der Waals surface area contributed by atoms with Crippen LogP contribution in [0, 0.1) is 5.92 Å². The van der Waals surface area contributed by atoms with Crippen molar-refractivity contribution in [2.24, 2.45) is 5.92 Å². The first kappa shape index (κ1) is 17.8. The molecule has 1 amide bonds. The molecule has 0 atom stereocenters. The van der Waals surface area contributed by atoms with E-state index >= 15 is 0 Å². The average molecular weight is 309 g/mol. The van der Waals surface area contributed by atoms with Crippen molar-refractivity contribution in [3.05, 3.63) is 0 Å². The third kappa shape index (κ3) is 6.68. The van der Waals surface area contributed by atoms with E-state index in [1.807, 2.05) is 0 Å². The number of unbranched alkanes of at least 4 members (excludes halogenated alkanes) is 3. The van der Waals surface area contributed by atoms with Crippen LogP contribution in [0.15, 0.2) is 0 Å². The zero-order valence-corrected chi connectivity index (χ0v) is 14.6. The summed E-state index contributed by atoms with van der Waals surface area (Å²) >= 11 is 0. The van der Waals surface area contributed by atoms with Crippen LogP contribution in [0.2, 0.25) is 0 Å². The van der Waals surface area contributed by atoms with E-state index in [2.05, 4.69) is 17.1 Å². The molecule has 1 aliphatic heterocycles. The number of likely N-dealkylation sites (tertiary alicyclic amines) is 1. The number of amides is 1. The number of hydrogen-bond acceptors (Lipinski definition) is 2. The Morgan fingerprint density at radius 2 is 1.73 bits per heavy atom. The van der Waals surface area contributed by atoms with E-state index in [1.165, 1.54) is 77.4 Å². The summed E-state index contributed by atoms with van der Waals surface area (Å²) in [5.74, 6) is 0.973. The minimum absolute atomic E-state index is 0.313. The summed E-state index contributed by atoms with van der Waals surface area (Å²) in [6.45, 7) is 5.85. The molecular formula is C19H36N2O. The van der Waals surface area contributed by atoms with Crippen LogP contribution in [-0.2, 0) is 4.79 Å². The molecule has 1 aliphatic carbocycles. The Hall–Kier alpha value is -0.570. The molecule has 0 radical (unpaired) electrons. The Kier molecular flexibility index (Phi) is 8.28. The second kappa shape index (κ2) is 10.3. The van der Waals surface area contributed by atoms with Gasteiger partial charge in [0.1, 0.15) is 0 Å². The third-order valence-electron chi connectivity index (χ3n) is 5.48. The zero-order valence-electron chi connectivity index (χ0n) is 14.6. The number of carbonyl (C=O) groups is 1. The molecule has 128 valence electrons. The molecule has 2 aliphatic rings. The summed E-state index contributed by atoms with van der Waals surface area (Å²) in [5, 5.41) is 3.30. The van der Waals surface area contributed by atoms with Gasteiger partial charge in [0, 0.05) is 25.6 Å². The molecule has 1 N–H and O–H groups in total. The highest BCUT2D eigenvalue weighted by atomic mass is 16.1. The van der Waals surface area contributed by atoms with E-state index in [0.29, 0.717) is 17.9 Å². The monoisotopic (exact) mass is 308 g/mol. The maximum absolute atomic E-state index is 12.2. The van der Waals surface area contributed by atoms with Gasteiger partial charge < -0.3 is 10.2 Å². The number of hydrogen-bond donors (Lipinski definition) is 1. The summed E-state index contributed by atoms with van der Waals surface area (Å²) in [6.07, 6.45) is 15.0. The standard InChI is InChI=1S/C19H36N2O/c1-2-3-4-8-13-21-14-11-18(12-15-21)20-19(22)16-17-9-6-5-7-10-17/h17-18H,2-16H2,1H3,(H,20,22). The Balaban J connectivity index is 1.55. The van der Waals surface area contributed by atoms with Crippen molar-refractivity contribution in [3.63, 3.8) is 0 Å². The van der Waals surface area contributed by atoms with Crippen LogP contribution < -0.4 is 5.32 Å². The summed E-state index contributed by atoms with van der Waals surface area (Å²) < 4.78 is 0. The van der Waals surface area contributed by atoms with Crippen molar-refractivity contribution in [1.29, 1.82) is 0 Å². The molecule has 1 heterocycles. The molecule has 2 fully saturated rings. The predicted octanol–water partition coefficient (Wildman–Crippen LogP) is 4.12. The highest BCUT2D eigenvalue weighted by Crippen LogP contribution is 2.26. The number of nitrogens with one attached hydrogen (secondary N) is 1. The van der Waals surface area contributed by atoms with Crippen molar-refractivity contribution in [2.45, 2.75) is 90.0 Å². The lowest BCUT2D eigenvalue weighted by molar-refractivity contribution is -0.123. The fraction of sp³-hybridized carbons (Fsp3) is 0.947. The Morgan fingerprint density at radius 1 is 1.00 bits per heavy atom. The normalized spacial score (nSPS) is 21.9. The molecule has 3 heteroatoms. The van der Waals surface area contributed by atoms with E-state index in [9.17, 15) is 4.79 Å². The lowest BCUT2D eigenvalue weighted by atomic mass is 9.86. The Labute approximate surface area is 137 Å². The molecular weight excluding hydrogens is 272 g/mol. The van der Waals surface area contributed by atoms with Crippen molar-refractivity contribution < 1.29 is 4.79 Å². The number of carbonyl (C=O) groups excluding carboxylic acids is 1. The van der Waals surface area contributed by atoms with Gasteiger partial charge in [0.15, 0.2) is 0 Å². The molecule has 0 aromatic heterocycles. The van der Waals surface area contributed by atoms with Gasteiger partial charge in [0.25, 0.3) is 0 Å². The van der Waals surface area contributed by atoms with Crippen LogP contribution >= 0.6 is 0 Å². The minimum Gasteiger partial charge on any atom is -0.353 e. The van der Waals surface area contributed by atoms with Crippen LogP contribution in [0.25, 0.3) is 0 Å². The lowest BCUT2D eigenvalue weighted by Crippen LogP contribution is -2.45. The van der Waals surface area contributed by atoms with Crippen molar-refractivity contribution in [1.82, 2.24) is 10.2 Å². The second-order valence-corrected chi connectivity index (χ2v) is 7.45. The highest BCUT2D eigenvalue weighted by molar-refractivity contribution is 5.76. The van der Waals surface area contributed by atoms with Gasteiger partial charge in [-0.15, -0.1) is 0 Å². The van der Waals surface area contributed by atoms with E-state index in [4.69, 9.17) is 0 Å². The quantitative estimate of drug-likeness (QED) is 0.684. The SMILES string of the molecule is CCCCCCN1CCC(NC(=O)CC2CCCCC2)CC1. The van der Waals surface area contributed by atoms with Crippen molar-refractivity contribution in [3.8, 4) is 0 Å². The second-order valence-electron chi connectivity index (χ2n) is 7.45. The van der Waals surface area contributed by atoms with Crippen molar-refractivity contribution in [2.75, 3.05) is 19.6 Å². The molecule has 0 spiro atoms. The fourth-order valence-corrected chi connectivity index (χ4v) is 4.00. The minimum atomic E-state index is 0.313. The molecule has 0 unspecified atom stereocenters. The smallest absolute Gasteiger partial charge is 0.220 e. The van der Waals surface area contributed by atoms with Crippen LogP contribution in [0.1, 0.15) is 84.0 Å². The van der Waals surface area contributed by atoms with Gasteiger partial charge in [0.2, 0.25) is 5.91 Å². The van der Waals surface area contributed by atoms with E-state index in [-0.39, 0.29) is 0 Å². The zero-order chi connectivity index (χ0) is 15.6. The molecule has 3 nitrogen and oxygen atoms in total. The summed E-state index contributed by atoms with van der Waals surface area (Å²) in [4.78, 5) is 14.8. The van der Waals surface area contributed by atoms with E-state index < -0.39 is 0 Å². The van der Waals surface area contributed by atoms with Crippen molar-refractivity contribution >= 4 is 5.91 Å². The van der Waals surface area contributed by atoms with Gasteiger partial charge in [-0.05, 0) is 44.6 Å². The maximum atomic E-state index is 12.2. The van der Waals surface area contributed by atoms with Gasteiger partial charge in [-0.1, -0.05) is 45.4 Å². The molecule has 1 saturated heterocycles. The molecule has 0 aromatic carbocycles. The summed E-state index contributed by atoms with van der Waals surface area (Å²) in [6, 6.07) is 0.433. The molecule has 0 bridgehead atoms. The van der Waals surface area contributed by atoms with Crippen LogP contribution in [0.5, 0.6) is 0 Å². The first-order valence-electron chi connectivity index (χ1n) is 9.79. The Bertz CT molecular complexity index is 305. The van der Waals surface area contributed by atoms with Gasteiger partial charge >= 0.3 is 0 Å². The first-order chi connectivity index (χ1) is 10.8. The van der Waals surface area contributed by atoms with Crippen LogP contribution in [0.4, 0.5) is 0 Å². The first-order valence-corrected chi connectivity index (χ1v) is 9.79. The van der Waals surface area contributed by atoms with Crippen LogP contribution in [0.3, 0.4) is 0 Å². The fourth-order valence-electron chi connectivity index (χ4n) is 4.00.